The molecule has 0 radical (unpaired) electrons. The smallest absolute Gasteiger partial charge is 0.272 e. The molecular formula is C7H4F2N2O2. The van der Waals surface area contributed by atoms with Crippen LogP contribution in [0.1, 0.15) is 17.7 Å². The summed E-state index contributed by atoms with van der Waals surface area (Å²) >= 11 is 0. The lowest BCUT2D eigenvalue weighted by atomic mass is 10.2. The molecule has 0 aromatic carbocycles. The lowest BCUT2D eigenvalue weighted by Gasteiger charge is -2.01. The molecule has 0 aliphatic carbocycles. The Morgan fingerprint density at radius 3 is 2.62 bits per heavy atom. The van der Waals surface area contributed by atoms with Crippen molar-refractivity contribution >= 4 is 0 Å². The number of aromatic amines is 1. The Labute approximate surface area is 71.1 Å². The number of pyridine rings is 1. The predicted molar refractivity (Wildman–Crippen MR) is 38.4 cm³/mol. The molecule has 0 saturated carbocycles. The molecule has 0 amide bonds. The number of aromatic nitrogens is 1. The molecule has 0 spiro atoms. The zero-order chi connectivity index (χ0) is 10.0. The van der Waals surface area contributed by atoms with Gasteiger partial charge in [0.25, 0.3) is 12.0 Å². The number of aromatic hydroxyl groups is 1. The van der Waals surface area contributed by atoms with Gasteiger partial charge in [-0.3, -0.25) is 4.79 Å². The average Bonchev–Trinajstić information content (AvgIpc) is 2.02. The molecule has 1 heterocycles. The van der Waals surface area contributed by atoms with E-state index in [9.17, 15) is 13.6 Å². The topological polar surface area (TPSA) is 76.9 Å². The molecule has 1 aromatic rings. The Balaban J connectivity index is 3.43. The zero-order valence-corrected chi connectivity index (χ0v) is 6.21. The van der Waals surface area contributed by atoms with Gasteiger partial charge >= 0.3 is 0 Å². The van der Waals surface area contributed by atoms with Gasteiger partial charge in [-0.2, -0.15) is 5.26 Å². The highest BCUT2D eigenvalue weighted by Crippen LogP contribution is 2.23. The van der Waals surface area contributed by atoms with Crippen molar-refractivity contribution in [2.24, 2.45) is 0 Å². The van der Waals surface area contributed by atoms with E-state index in [1.54, 1.807) is 0 Å². The lowest BCUT2D eigenvalue weighted by Crippen LogP contribution is -2.14. The quantitative estimate of drug-likeness (QED) is 0.683. The summed E-state index contributed by atoms with van der Waals surface area (Å²) in [5.41, 5.74) is -2.42. The third kappa shape index (κ3) is 1.64. The summed E-state index contributed by atoms with van der Waals surface area (Å²) in [7, 11) is 0. The summed E-state index contributed by atoms with van der Waals surface area (Å²) in [6.07, 6.45) is -3.06. The van der Waals surface area contributed by atoms with E-state index in [4.69, 9.17) is 10.4 Å². The van der Waals surface area contributed by atoms with Crippen LogP contribution >= 0.6 is 0 Å². The highest BCUT2D eigenvalue weighted by Gasteiger charge is 2.18. The van der Waals surface area contributed by atoms with Crippen LogP contribution < -0.4 is 5.56 Å². The molecule has 0 unspecified atom stereocenters. The Morgan fingerprint density at radius 2 is 2.23 bits per heavy atom. The van der Waals surface area contributed by atoms with Crippen LogP contribution in [-0.2, 0) is 0 Å². The van der Waals surface area contributed by atoms with Crippen LogP contribution in [-0.4, -0.2) is 10.1 Å². The molecule has 0 bridgehead atoms. The van der Waals surface area contributed by atoms with Crippen LogP contribution in [0.25, 0.3) is 0 Å². The Kier molecular flexibility index (Phi) is 2.28. The molecule has 13 heavy (non-hydrogen) atoms. The molecule has 0 saturated heterocycles. The number of hydrogen-bond donors (Lipinski definition) is 2. The van der Waals surface area contributed by atoms with Gasteiger partial charge in [0, 0.05) is 6.07 Å². The first-order valence-electron chi connectivity index (χ1n) is 3.20. The van der Waals surface area contributed by atoms with E-state index < -0.39 is 23.3 Å². The number of nitriles is 1. The molecule has 0 aliphatic rings. The number of nitrogens with one attached hydrogen (secondary N) is 1. The number of nitrogens with zero attached hydrogens (tertiary/aromatic N) is 1. The number of alkyl halides is 2. The molecule has 0 aliphatic heterocycles. The lowest BCUT2D eigenvalue weighted by molar-refractivity contribution is 0.145. The fourth-order valence-electron chi connectivity index (χ4n) is 0.828. The summed E-state index contributed by atoms with van der Waals surface area (Å²) < 4.78 is 24.1. The van der Waals surface area contributed by atoms with Gasteiger partial charge in [0.1, 0.15) is 23.1 Å². The standard InChI is InChI=1S/C7H4F2N2O2/c8-6(9)5-4(12)1-3(2-10)11-7(5)13/h1,6H,(H2,11,12,13). The van der Waals surface area contributed by atoms with E-state index in [0.717, 1.165) is 6.07 Å². The minimum Gasteiger partial charge on any atom is -0.507 e. The zero-order valence-electron chi connectivity index (χ0n) is 6.21. The third-order valence-electron chi connectivity index (χ3n) is 1.39. The van der Waals surface area contributed by atoms with Gasteiger partial charge in [0.15, 0.2) is 0 Å². The summed E-state index contributed by atoms with van der Waals surface area (Å²) in [5.74, 6) is -0.865. The van der Waals surface area contributed by atoms with Gasteiger partial charge in [-0.15, -0.1) is 0 Å². The second-order valence-corrected chi connectivity index (χ2v) is 2.22. The van der Waals surface area contributed by atoms with Crippen LogP contribution in [0.15, 0.2) is 10.9 Å². The number of halogens is 2. The highest BCUT2D eigenvalue weighted by molar-refractivity contribution is 5.36. The summed E-state index contributed by atoms with van der Waals surface area (Å²) in [6, 6.07) is 2.29. The summed E-state index contributed by atoms with van der Waals surface area (Å²) in [6.45, 7) is 0. The average molecular weight is 186 g/mol. The fraction of sp³-hybridized carbons (Fsp3) is 0.143. The molecule has 68 valence electrons. The monoisotopic (exact) mass is 186 g/mol. The number of rotatable bonds is 1. The minimum atomic E-state index is -3.06. The molecule has 0 atom stereocenters. The molecule has 6 heteroatoms. The van der Waals surface area contributed by atoms with Crippen molar-refractivity contribution in [2.75, 3.05) is 0 Å². The predicted octanol–water partition coefficient (Wildman–Crippen LogP) is 0.890. The van der Waals surface area contributed by atoms with Crippen molar-refractivity contribution in [1.29, 1.82) is 5.26 Å². The maximum absolute atomic E-state index is 12.1. The number of hydrogen-bond acceptors (Lipinski definition) is 3. The summed E-state index contributed by atoms with van der Waals surface area (Å²) in [5, 5.41) is 17.2. The minimum absolute atomic E-state index is 0.257. The second-order valence-electron chi connectivity index (χ2n) is 2.22. The Bertz CT molecular complexity index is 419. The van der Waals surface area contributed by atoms with Crippen LogP contribution in [0, 0.1) is 11.3 Å². The van der Waals surface area contributed by atoms with E-state index in [1.165, 1.54) is 6.07 Å². The Morgan fingerprint density at radius 1 is 1.62 bits per heavy atom. The first kappa shape index (κ1) is 9.19. The van der Waals surface area contributed by atoms with Crippen LogP contribution in [0.5, 0.6) is 5.75 Å². The van der Waals surface area contributed by atoms with Gasteiger partial charge in [0.05, 0.1) is 0 Å². The molecular weight excluding hydrogens is 182 g/mol. The van der Waals surface area contributed by atoms with Crippen LogP contribution in [0.3, 0.4) is 0 Å². The maximum Gasteiger partial charge on any atom is 0.272 e. The molecule has 2 N–H and O–H groups in total. The highest BCUT2D eigenvalue weighted by atomic mass is 19.3. The molecule has 4 nitrogen and oxygen atoms in total. The van der Waals surface area contributed by atoms with Crippen molar-refractivity contribution in [3.05, 3.63) is 27.7 Å². The first-order chi connectivity index (χ1) is 6.06. The first-order valence-corrected chi connectivity index (χ1v) is 3.20. The largest absolute Gasteiger partial charge is 0.507 e. The van der Waals surface area contributed by atoms with E-state index in [0.29, 0.717) is 0 Å². The van der Waals surface area contributed by atoms with E-state index in [1.807, 2.05) is 4.98 Å². The van der Waals surface area contributed by atoms with E-state index >= 15 is 0 Å². The third-order valence-corrected chi connectivity index (χ3v) is 1.39. The van der Waals surface area contributed by atoms with E-state index in [-0.39, 0.29) is 5.69 Å². The van der Waals surface area contributed by atoms with Crippen molar-refractivity contribution in [2.45, 2.75) is 6.43 Å². The van der Waals surface area contributed by atoms with Gasteiger partial charge in [-0.05, 0) is 0 Å². The van der Waals surface area contributed by atoms with Gasteiger partial charge < -0.3 is 10.1 Å². The Hall–Kier alpha value is -1.90. The fourth-order valence-corrected chi connectivity index (χ4v) is 0.828. The van der Waals surface area contributed by atoms with Gasteiger partial charge in [0.2, 0.25) is 0 Å². The van der Waals surface area contributed by atoms with Crippen molar-refractivity contribution in [3.63, 3.8) is 0 Å². The second kappa shape index (κ2) is 3.23. The van der Waals surface area contributed by atoms with E-state index in [2.05, 4.69) is 0 Å². The van der Waals surface area contributed by atoms with Crippen LogP contribution in [0.2, 0.25) is 0 Å². The SMILES string of the molecule is N#Cc1cc(O)c(C(F)F)c(=O)[nH]1. The summed E-state index contributed by atoms with van der Waals surface area (Å²) in [4.78, 5) is 12.7. The van der Waals surface area contributed by atoms with Crippen LogP contribution in [0.4, 0.5) is 8.78 Å². The normalized spacial score (nSPS) is 10.0. The van der Waals surface area contributed by atoms with Gasteiger partial charge in [-0.1, -0.05) is 0 Å². The van der Waals surface area contributed by atoms with Crippen molar-refractivity contribution in [1.82, 2.24) is 4.98 Å². The van der Waals surface area contributed by atoms with Crippen molar-refractivity contribution < 1.29 is 13.9 Å². The maximum atomic E-state index is 12.1. The van der Waals surface area contributed by atoms with Crippen molar-refractivity contribution in [3.8, 4) is 11.8 Å². The molecule has 1 rings (SSSR count). The van der Waals surface area contributed by atoms with Gasteiger partial charge in [-0.25, -0.2) is 8.78 Å². The molecule has 1 aromatic heterocycles. The number of H-pyrrole nitrogens is 1. The molecule has 0 fully saturated rings.